The van der Waals surface area contributed by atoms with Gasteiger partial charge in [-0.25, -0.2) is 8.42 Å². The zero-order chi connectivity index (χ0) is 15.5. The van der Waals surface area contributed by atoms with E-state index in [9.17, 15) is 13.2 Å². The van der Waals surface area contributed by atoms with Gasteiger partial charge in [-0.2, -0.15) is 0 Å². The normalized spacial score (nSPS) is 21.9. The number of thioether (sulfide) groups is 1. The minimum Gasteiger partial charge on any atom is -0.416 e. The van der Waals surface area contributed by atoms with Crippen LogP contribution in [0.1, 0.15) is 25.2 Å². The summed E-state index contributed by atoms with van der Waals surface area (Å²) in [5, 5.41) is 10.3. The van der Waals surface area contributed by atoms with Gasteiger partial charge in [0.15, 0.2) is 9.84 Å². The van der Waals surface area contributed by atoms with Crippen molar-refractivity contribution in [2.45, 2.75) is 29.7 Å². The van der Waals surface area contributed by atoms with Crippen LogP contribution in [0.2, 0.25) is 0 Å². The zero-order valence-corrected chi connectivity index (χ0v) is 13.2. The van der Waals surface area contributed by atoms with Gasteiger partial charge in [-0.1, -0.05) is 17.8 Å². The monoisotopic (exact) mass is 331 g/mol. The highest BCUT2D eigenvalue weighted by atomic mass is 32.2. The number of nitrogens with zero attached hydrogens (tertiary/aromatic N) is 2. The highest BCUT2D eigenvalue weighted by molar-refractivity contribution is 8.00. The van der Waals surface area contributed by atoms with Crippen LogP contribution in [-0.4, -0.2) is 47.8 Å². The summed E-state index contributed by atoms with van der Waals surface area (Å²) in [7, 11) is -2.99. The Morgan fingerprint density at radius 1 is 1.62 bits per heavy atom. The number of carbonyl (C=O) groups is 1. The van der Waals surface area contributed by atoms with E-state index >= 15 is 0 Å². The predicted octanol–water partition coefficient (Wildman–Crippen LogP) is 0.754. The van der Waals surface area contributed by atoms with Crippen molar-refractivity contribution in [2.75, 3.05) is 18.1 Å². The lowest BCUT2D eigenvalue weighted by Crippen LogP contribution is -2.30. The van der Waals surface area contributed by atoms with E-state index in [1.807, 2.05) is 0 Å². The number of aromatic nitrogens is 2. The van der Waals surface area contributed by atoms with Gasteiger partial charge in [0.1, 0.15) is 0 Å². The maximum atomic E-state index is 11.7. The summed E-state index contributed by atoms with van der Waals surface area (Å²) >= 11 is 1.15. The fraction of sp³-hybridized carbons (Fsp3) is 0.583. The number of hydrogen-bond acceptors (Lipinski definition) is 7. The summed E-state index contributed by atoms with van der Waals surface area (Å²) in [5.74, 6) is 0.152. The fourth-order valence-corrected chi connectivity index (χ4v) is 4.39. The molecule has 1 aliphatic rings. The van der Waals surface area contributed by atoms with Gasteiger partial charge < -0.3 is 9.73 Å². The van der Waals surface area contributed by atoms with Crippen molar-refractivity contribution < 1.29 is 17.6 Å². The molecule has 9 heteroatoms. The van der Waals surface area contributed by atoms with Gasteiger partial charge in [0.05, 0.1) is 22.7 Å². The number of hydrogen-bond donors (Lipinski definition) is 1. The van der Waals surface area contributed by atoms with Crippen LogP contribution in [0.15, 0.2) is 22.3 Å². The Balaban J connectivity index is 1.94. The maximum Gasteiger partial charge on any atom is 0.277 e. The van der Waals surface area contributed by atoms with E-state index in [0.717, 1.165) is 11.8 Å². The van der Waals surface area contributed by atoms with E-state index in [-0.39, 0.29) is 33.8 Å². The van der Waals surface area contributed by atoms with Crippen LogP contribution >= 0.6 is 11.8 Å². The molecule has 1 aromatic heterocycles. The van der Waals surface area contributed by atoms with Crippen LogP contribution in [0.3, 0.4) is 0 Å². The quantitative estimate of drug-likeness (QED) is 0.606. The lowest BCUT2D eigenvalue weighted by atomic mass is 10.1. The van der Waals surface area contributed by atoms with E-state index in [2.05, 4.69) is 22.1 Å². The van der Waals surface area contributed by atoms with Crippen molar-refractivity contribution >= 4 is 27.5 Å². The first kappa shape index (κ1) is 16.0. The van der Waals surface area contributed by atoms with Crippen LogP contribution in [0.4, 0.5) is 0 Å². The Morgan fingerprint density at radius 3 is 3.00 bits per heavy atom. The van der Waals surface area contributed by atoms with Crippen LogP contribution in [0, 0.1) is 0 Å². The van der Waals surface area contributed by atoms with E-state index in [4.69, 9.17) is 4.42 Å². The van der Waals surface area contributed by atoms with Crippen molar-refractivity contribution in [1.82, 2.24) is 15.5 Å². The first-order chi connectivity index (χ1) is 9.91. The molecule has 0 radical (unpaired) electrons. The largest absolute Gasteiger partial charge is 0.416 e. The molecule has 116 valence electrons. The third kappa shape index (κ3) is 4.31. The Morgan fingerprint density at radius 2 is 2.38 bits per heavy atom. The summed E-state index contributed by atoms with van der Waals surface area (Å²) in [6.07, 6.45) is 2.10. The van der Waals surface area contributed by atoms with Gasteiger partial charge >= 0.3 is 0 Å². The minimum atomic E-state index is -2.99. The number of carbonyl (C=O) groups excluding carboxylic acids is 1. The second-order valence-electron chi connectivity index (χ2n) is 4.80. The Bertz CT molecular complexity index is 626. The smallest absolute Gasteiger partial charge is 0.277 e. The van der Waals surface area contributed by atoms with Crippen LogP contribution < -0.4 is 5.32 Å². The second-order valence-corrected chi connectivity index (χ2v) is 8.32. The van der Waals surface area contributed by atoms with Gasteiger partial charge in [-0.05, 0) is 13.3 Å². The Kier molecular flexibility index (Phi) is 5.04. The molecular weight excluding hydrogens is 314 g/mol. The molecule has 0 saturated carbocycles. The van der Waals surface area contributed by atoms with Crippen LogP contribution in [-0.2, 0) is 14.6 Å². The molecule has 21 heavy (non-hydrogen) atoms. The van der Waals surface area contributed by atoms with E-state index < -0.39 is 9.84 Å². The average molecular weight is 331 g/mol. The Labute approximate surface area is 127 Å². The summed E-state index contributed by atoms with van der Waals surface area (Å²) in [6, 6.07) is 0. The molecule has 0 aromatic carbocycles. The van der Waals surface area contributed by atoms with E-state index in [1.165, 1.54) is 0 Å². The molecule has 1 amide bonds. The first-order valence-electron chi connectivity index (χ1n) is 6.50. The molecule has 1 N–H and O–H groups in total. The molecule has 0 unspecified atom stereocenters. The highest BCUT2D eigenvalue weighted by Crippen LogP contribution is 2.30. The molecular formula is C12H17N3O4S2. The number of rotatable bonds is 6. The lowest BCUT2D eigenvalue weighted by Gasteiger charge is -2.07. The third-order valence-electron chi connectivity index (χ3n) is 3.07. The molecule has 1 aliphatic heterocycles. The van der Waals surface area contributed by atoms with Crippen molar-refractivity contribution in [3.05, 3.63) is 18.5 Å². The van der Waals surface area contributed by atoms with Crippen molar-refractivity contribution in [1.29, 1.82) is 0 Å². The molecule has 1 aromatic rings. The molecule has 2 rings (SSSR count). The van der Waals surface area contributed by atoms with E-state index in [0.29, 0.717) is 18.9 Å². The standard InChI is InChI=1S/C12H17N3O4S2/c1-3-5-13-10(16)8(2)20-12-15-14-11(19-12)9-4-6-21(17,18)7-9/h3,8-9H,1,4-7H2,2H3,(H,13,16)/t8-,9-/m1/s1. The van der Waals surface area contributed by atoms with Gasteiger partial charge in [0, 0.05) is 6.54 Å². The number of amides is 1. The first-order valence-corrected chi connectivity index (χ1v) is 9.20. The van der Waals surface area contributed by atoms with Crippen molar-refractivity contribution in [2.24, 2.45) is 0 Å². The summed E-state index contributed by atoms with van der Waals surface area (Å²) in [6.45, 7) is 5.65. The van der Waals surface area contributed by atoms with Gasteiger partial charge in [-0.3, -0.25) is 4.79 Å². The van der Waals surface area contributed by atoms with Crippen LogP contribution in [0.25, 0.3) is 0 Å². The molecule has 0 bridgehead atoms. The summed E-state index contributed by atoms with van der Waals surface area (Å²) in [4.78, 5) is 11.7. The highest BCUT2D eigenvalue weighted by Gasteiger charge is 2.33. The zero-order valence-electron chi connectivity index (χ0n) is 11.6. The summed E-state index contributed by atoms with van der Waals surface area (Å²) < 4.78 is 28.3. The maximum absolute atomic E-state index is 11.7. The summed E-state index contributed by atoms with van der Waals surface area (Å²) in [5.41, 5.74) is 0. The Hall–Kier alpha value is -1.35. The van der Waals surface area contributed by atoms with E-state index in [1.54, 1.807) is 13.0 Å². The molecule has 7 nitrogen and oxygen atoms in total. The molecule has 1 fully saturated rings. The van der Waals surface area contributed by atoms with Crippen molar-refractivity contribution in [3.63, 3.8) is 0 Å². The van der Waals surface area contributed by atoms with Gasteiger partial charge in [0.2, 0.25) is 11.8 Å². The molecule has 1 saturated heterocycles. The molecule has 2 heterocycles. The van der Waals surface area contributed by atoms with Crippen LogP contribution in [0.5, 0.6) is 0 Å². The van der Waals surface area contributed by atoms with Gasteiger partial charge in [0.25, 0.3) is 5.22 Å². The second kappa shape index (κ2) is 6.61. The topological polar surface area (TPSA) is 102 Å². The fourth-order valence-electron chi connectivity index (χ4n) is 1.94. The predicted molar refractivity (Wildman–Crippen MR) is 78.8 cm³/mol. The van der Waals surface area contributed by atoms with Crippen molar-refractivity contribution in [3.8, 4) is 0 Å². The third-order valence-corrected chi connectivity index (χ3v) is 5.77. The molecule has 2 atom stereocenters. The lowest BCUT2D eigenvalue weighted by molar-refractivity contribution is -0.120. The van der Waals surface area contributed by atoms with Gasteiger partial charge in [-0.15, -0.1) is 16.8 Å². The number of sulfone groups is 1. The number of nitrogens with one attached hydrogen (secondary N) is 1. The minimum absolute atomic E-state index is 0.0503. The SMILES string of the molecule is C=CCNC(=O)[C@@H](C)Sc1nnc([C@@H]2CCS(=O)(=O)C2)o1. The molecule has 0 spiro atoms. The molecule has 0 aliphatic carbocycles. The average Bonchev–Trinajstić information content (AvgIpc) is 3.02.